The van der Waals surface area contributed by atoms with Crippen molar-refractivity contribution in [1.82, 2.24) is 4.98 Å². The molecule has 0 bridgehead atoms. The van der Waals surface area contributed by atoms with Crippen LogP contribution in [-0.2, 0) is 12.3 Å². The second kappa shape index (κ2) is 10.9. The van der Waals surface area contributed by atoms with Crippen molar-refractivity contribution in [3.63, 3.8) is 0 Å². The van der Waals surface area contributed by atoms with Crippen LogP contribution in [0.4, 0.5) is 11.5 Å². The molecule has 10 heteroatoms. The number of nitrogens with zero attached hydrogens (tertiary/aromatic N) is 2. The maximum atomic E-state index is 11.0. The van der Waals surface area contributed by atoms with Crippen LogP contribution in [0, 0.1) is 10.1 Å². The molecule has 0 atom stereocenters. The SMILES string of the molecule is COc1ccc([N+](=O)[O-])c(NCCSCc2ccc(C[NH+](C)C)o2)n1.[Cl-]. The number of nitro groups is 1. The van der Waals surface area contributed by atoms with Gasteiger partial charge in [-0.15, -0.1) is 0 Å². The number of anilines is 1. The van der Waals surface area contributed by atoms with Gasteiger partial charge in [0.2, 0.25) is 11.7 Å². The molecule has 0 spiro atoms. The molecule has 0 radical (unpaired) electrons. The summed E-state index contributed by atoms with van der Waals surface area (Å²) in [5.74, 6) is 4.01. The molecular weight excluding hydrogens is 380 g/mol. The third-order valence-corrected chi connectivity index (χ3v) is 4.26. The Hall–Kier alpha value is -1.97. The summed E-state index contributed by atoms with van der Waals surface area (Å²) in [6.07, 6.45) is 0. The molecule has 2 rings (SSSR count). The Morgan fingerprint density at radius 2 is 2.04 bits per heavy atom. The lowest BCUT2D eigenvalue weighted by atomic mass is 10.4. The topological polar surface area (TPSA) is 94.9 Å². The molecule has 26 heavy (non-hydrogen) atoms. The van der Waals surface area contributed by atoms with Crippen molar-refractivity contribution in [2.24, 2.45) is 0 Å². The highest BCUT2D eigenvalue weighted by Gasteiger charge is 2.16. The number of hydrogen-bond acceptors (Lipinski definition) is 7. The van der Waals surface area contributed by atoms with Crippen molar-refractivity contribution < 1.29 is 31.4 Å². The van der Waals surface area contributed by atoms with Crippen LogP contribution in [0.3, 0.4) is 0 Å². The van der Waals surface area contributed by atoms with Crippen LogP contribution < -0.4 is 27.4 Å². The summed E-state index contributed by atoms with van der Waals surface area (Å²) in [5.41, 5.74) is -0.0624. The molecule has 0 aliphatic carbocycles. The van der Waals surface area contributed by atoms with Crippen LogP contribution >= 0.6 is 11.8 Å². The molecule has 0 amide bonds. The largest absolute Gasteiger partial charge is 1.00 e. The Morgan fingerprint density at radius 1 is 1.31 bits per heavy atom. The second-order valence-corrected chi connectivity index (χ2v) is 6.81. The van der Waals surface area contributed by atoms with Crippen molar-refractivity contribution in [2.75, 3.05) is 38.8 Å². The number of thioether (sulfide) groups is 1. The molecule has 0 aliphatic heterocycles. The summed E-state index contributed by atoms with van der Waals surface area (Å²) in [4.78, 5) is 16.0. The maximum Gasteiger partial charge on any atom is 0.311 e. The van der Waals surface area contributed by atoms with E-state index in [2.05, 4.69) is 24.4 Å². The van der Waals surface area contributed by atoms with Crippen LogP contribution in [0.1, 0.15) is 11.5 Å². The smallest absolute Gasteiger partial charge is 0.311 e. The molecule has 0 aromatic carbocycles. The van der Waals surface area contributed by atoms with E-state index in [9.17, 15) is 10.1 Å². The lowest BCUT2D eigenvalue weighted by molar-refractivity contribution is -0.873. The van der Waals surface area contributed by atoms with Gasteiger partial charge in [0.1, 0.15) is 12.3 Å². The van der Waals surface area contributed by atoms with Gasteiger partial charge < -0.3 is 31.8 Å². The van der Waals surface area contributed by atoms with Gasteiger partial charge in [-0.3, -0.25) is 10.1 Å². The van der Waals surface area contributed by atoms with Crippen molar-refractivity contribution in [3.8, 4) is 5.88 Å². The first-order valence-electron chi connectivity index (χ1n) is 7.87. The monoisotopic (exact) mass is 402 g/mol. The number of pyridine rings is 1. The van der Waals surface area contributed by atoms with Gasteiger partial charge in [-0.25, -0.2) is 0 Å². The predicted octanol–water partition coefficient (Wildman–Crippen LogP) is -1.41. The molecule has 0 saturated heterocycles. The van der Waals surface area contributed by atoms with E-state index in [0.717, 1.165) is 29.6 Å². The highest BCUT2D eigenvalue weighted by Crippen LogP contribution is 2.25. The van der Waals surface area contributed by atoms with E-state index in [1.807, 2.05) is 12.1 Å². The number of quaternary nitrogens is 1. The van der Waals surface area contributed by atoms with Crippen LogP contribution in [0.15, 0.2) is 28.7 Å². The number of aromatic nitrogens is 1. The van der Waals surface area contributed by atoms with Gasteiger partial charge in [-0.05, 0) is 12.1 Å². The highest BCUT2D eigenvalue weighted by atomic mass is 35.5. The maximum absolute atomic E-state index is 11.0. The fourth-order valence-corrected chi connectivity index (χ4v) is 2.93. The first kappa shape index (κ1) is 22.1. The van der Waals surface area contributed by atoms with E-state index in [0.29, 0.717) is 12.4 Å². The molecule has 0 saturated carbocycles. The lowest BCUT2D eigenvalue weighted by Gasteiger charge is -2.07. The number of rotatable bonds is 10. The fourth-order valence-electron chi connectivity index (χ4n) is 2.18. The number of hydrogen-bond donors (Lipinski definition) is 2. The molecule has 2 aromatic heterocycles. The van der Waals surface area contributed by atoms with Crippen molar-refractivity contribution in [1.29, 1.82) is 0 Å². The lowest BCUT2D eigenvalue weighted by Crippen LogP contribution is -3.04. The van der Waals surface area contributed by atoms with Crippen molar-refractivity contribution in [2.45, 2.75) is 12.3 Å². The first-order valence-corrected chi connectivity index (χ1v) is 9.02. The molecule has 144 valence electrons. The zero-order valence-corrected chi connectivity index (χ0v) is 16.5. The van der Waals surface area contributed by atoms with E-state index in [1.54, 1.807) is 11.8 Å². The molecule has 2 heterocycles. The standard InChI is InChI=1S/C16H22N4O4S.ClH/c1-19(2)10-12-4-5-13(24-12)11-25-9-8-17-16-14(20(21)22)6-7-15(18-16)23-3;/h4-7H,8-11H2,1-3H3,(H,17,18);1H. The number of methoxy groups -OCH3 is 1. The number of halogens is 1. The summed E-state index contributed by atoms with van der Waals surface area (Å²) < 4.78 is 10.8. The molecule has 0 aliphatic rings. The van der Waals surface area contributed by atoms with E-state index in [-0.39, 0.29) is 23.9 Å². The van der Waals surface area contributed by atoms with Gasteiger partial charge in [0.15, 0.2) is 5.76 Å². The Morgan fingerprint density at radius 3 is 2.69 bits per heavy atom. The van der Waals surface area contributed by atoms with Crippen molar-refractivity contribution in [3.05, 3.63) is 45.9 Å². The summed E-state index contributed by atoms with van der Waals surface area (Å²) in [6.45, 7) is 1.42. The normalized spacial score (nSPS) is 10.5. The Labute approximate surface area is 162 Å². The second-order valence-electron chi connectivity index (χ2n) is 5.71. The number of furan rings is 1. The average Bonchev–Trinajstić information content (AvgIpc) is 3.00. The van der Waals surface area contributed by atoms with Gasteiger partial charge >= 0.3 is 5.69 Å². The van der Waals surface area contributed by atoms with Crippen LogP contribution in [0.2, 0.25) is 0 Å². The molecule has 2 N–H and O–H groups in total. The highest BCUT2D eigenvalue weighted by molar-refractivity contribution is 7.98. The van der Waals surface area contributed by atoms with Crippen LogP contribution in [0.5, 0.6) is 5.88 Å². The Kier molecular flexibility index (Phi) is 9.25. The Bertz CT molecular complexity index is 711. The molecule has 2 aromatic rings. The van der Waals surface area contributed by atoms with E-state index in [4.69, 9.17) is 9.15 Å². The number of ether oxygens (including phenoxy) is 1. The third-order valence-electron chi connectivity index (χ3n) is 3.28. The van der Waals surface area contributed by atoms with E-state index in [1.165, 1.54) is 24.1 Å². The summed E-state index contributed by atoms with van der Waals surface area (Å²) in [6, 6.07) is 6.86. The van der Waals surface area contributed by atoms with Gasteiger partial charge in [-0.1, -0.05) is 0 Å². The van der Waals surface area contributed by atoms with Crippen LogP contribution in [0.25, 0.3) is 0 Å². The molecule has 8 nitrogen and oxygen atoms in total. The molecule has 0 unspecified atom stereocenters. The zero-order chi connectivity index (χ0) is 18.2. The van der Waals surface area contributed by atoms with Gasteiger partial charge in [0, 0.05) is 24.4 Å². The predicted molar refractivity (Wildman–Crippen MR) is 97.3 cm³/mol. The summed E-state index contributed by atoms with van der Waals surface area (Å²) in [7, 11) is 5.63. The number of nitrogens with one attached hydrogen (secondary N) is 2. The first-order chi connectivity index (χ1) is 12.0. The molecular formula is C16H23ClN4O4S. The zero-order valence-electron chi connectivity index (χ0n) is 15.0. The molecule has 0 fully saturated rings. The third kappa shape index (κ3) is 6.74. The minimum Gasteiger partial charge on any atom is -1.00 e. The Balaban J connectivity index is 0.00000338. The van der Waals surface area contributed by atoms with Gasteiger partial charge in [-0.2, -0.15) is 16.7 Å². The van der Waals surface area contributed by atoms with Crippen LogP contribution in [-0.4, -0.2) is 43.4 Å². The quantitative estimate of drug-likeness (QED) is 0.286. The van der Waals surface area contributed by atoms with E-state index >= 15 is 0 Å². The van der Waals surface area contributed by atoms with Crippen molar-refractivity contribution >= 4 is 23.3 Å². The van der Waals surface area contributed by atoms with Gasteiger partial charge in [0.05, 0.1) is 31.9 Å². The summed E-state index contributed by atoms with van der Waals surface area (Å²) >= 11 is 1.69. The fraction of sp³-hybridized carbons (Fsp3) is 0.438. The average molecular weight is 403 g/mol. The van der Waals surface area contributed by atoms with Gasteiger partial charge in [0.25, 0.3) is 0 Å². The minimum atomic E-state index is -0.459. The summed E-state index contributed by atoms with van der Waals surface area (Å²) in [5, 5.41) is 14.0. The minimum absolute atomic E-state index is 0. The van der Waals surface area contributed by atoms with E-state index < -0.39 is 4.92 Å².